The summed E-state index contributed by atoms with van der Waals surface area (Å²) in [6.07, 6.45) is 0.811. The van der Waals surface area contributed by atoms with Crippen molar-refractivity contribution < 1.29 is 9.53 Å². The third-order valence-corrected chi connectivity index (χ3v) is 1.02. The van der Waals surface area contributed by atoms with Crippen molar-refractivity contribution >= 4 is 11.7 Å². The zero-order valence-electron chi connectivity index (χ0n) is 4.44. The van der Waals surface area contributed by atoms with Gasteiger partial charge in [-0.25, -0.2) is 0 Å². The first-order chi connectivity index (χ1) is 3.79. The molecule has 1 N–H and O–H groups in total. The molecule has 0 saturated carbocycles. The maximum Gasteiger partial charge on any atom is 0.311 e. The van der Waals surface area contributed by atoms with Crippen LogP contribution in [-0.4, -0.2) is 18.3 Å². The first-order valence-corrected chi connectivity index (χ1v) is 2.51. The second-order valence-corrected chi connectivity index (χ2v) is 1.75. The monoisotopic (exact) mass is 113 g/mol. The third-order valence-electron chi connectivity index (χ3n) is 1.02. The number of rotatable bonds is 0. The van der Waals surface area contributed by atoms with Gasteiger partial charge in [0.05, 0.1) is 13.0 Å². The fourth-order valence-electron chi connectivity index (χ4n) is 0.602. The topological polar surface area (TPSA) is 50.1 Å². The average Bonchev–Trinajstić information content (AvgIpc) is 1.64. The van der Waals surface area contributed by atoms with Crippen molar-refractivity contribution in [1.82, 2.24) is 0 Å². The van der Waals surface area contributed by atoms with E-state index in [-0.39, 0.29) is 12.4 Å². The van der Waals surface area contributed by atoms with E-state index in [4.69, 9.17) is 5.41 Å². The van der Waals surface area contributed by atoms with Crippen molar-refractivity contribution in [2.75, 3.05) is 6.61 Å². The van der Waals surface area contributed by atoms with Crippen LogP contribution in [0, 0.1) is 5.41 Å². The maximum atomic E-state index is 10.3. The van der Waals surface area contributed by atoms with Crippen LogP contribution in [0.25, 0.3) is 0 Å². The summed E-state index contributed by atoms with van der Waals surface area (Å²) in [6.45, 7) is 0.400. The Bertz CT molecular complexity index is 116. The van der Waals surface area contributed by atoms with Crippen LogP contribution in [0.2, 0.25) is 0 Å². The van der Waals surface area contributed by atoms with Gasteiger partial charge in [-0.2, -0.15) is 0 Å². The van der Waals surface area contributed by atoms with Crippen molar-refractivity contribution in [2.24, 2.45) is 0 Å². The molecular formula is C5H7NO2. The van der Waals surface area contributed by atoms with E-state index in [2.05, 4.69) is 4.74 Å². The highest BCUT2D eigenvalue weighted by atomic mass is 16.5. The molecule has 1 saturated heterocycles. The van der Waals surface area contributed by atoms with Gasteiger partial charge < -0.3 is 10.1 Å². The molecule has 0 radical (unpaired) electrons. The number of cyclic esters (lactones) is 1. The molecule has 0 amide bonds. The average molecular weight is 113 g/mol. The molecule has 0 atom stereocenters. The Balaban J connectivity index is 2.45. The van der Waals surface area contributed by atoms with Gasteiger partial charge in [0.15, 0.2) is 0 Å². The van der Waals surface area contributed by atoms with Crippen LogP contribution < -0.4 is 0 Å². The van der Waals surface area contributed by atoms with Gasteiger partial charge in [0.1, 0.15) is 0 Å². The molecule has 3 nitrogen and oxygen atoms in total. The van der Waals surface area contributed by atoms with Gasteiger partial charge >= 0.3 is 5.97 Å². The summed E-state index contributed by atoms with van der Waals surface area (Å²) in [4.78, 5) is 10.3. The van der Waals surface area contributed by atoms with Crippen LogP contribution in [0.5, 0.6) is 0 Å². The molecule has 3 heteroatoms. The number of nitrogens with one attached hydrogen (secondary N) is 1. The molecular weight excluding hydrogens is 106 g/mol. The molecule has 0 unspecified atom stereocenters. The zero-order valence-corrected chi connectivity index (χ0v) is 4.44. The molecule has 0 aromatic carbocycles. The van der Waals surface area contributed by atoms with Crippen molar-refractivity contribution in [3.63, 3.8) is 0 Å². The van der Waals surface area contributed by atoms with E-state index < -0.39 is 0 Å². The Morgan fingerprint density at radius 1 is 1.62 bits per heavy atom. The van der Waals surface area contributed by atoms with Crippen molar-refractivity contribution in [3.8, 4) is 0 Å². The number of hydrogen-bond donors (Lipinski definition) is 1. The highest BCUT2D eigenvalue weighted by molar-refractivity contribution is 5.98. The number of ether oxygens (including phenoxy) is 1. The van der Waals surface area contributed by atoms with Crippen LogP contribution in [-0.2, 0) is 9.53 Å². The molecule has 44 valence electrons. The van der Waals surface area contributed by atoms with Gasteiger partial charge in [-0.05, 0) is 0 Å². The van der Waals surface area contributed by atoms with Gasteiger partial charge in [0.25, 0.3) is 0 Å². The van der Waals surface area contributed by atoms with Gasteiger partial charge in [-0.1, -0.05) is 0 Å². The van der Waals surface area contributed by atoms with E-state index in [9.17, 15) is 4.79 Å². The third kappa shape index (κ3) is 1.05. The standard InChI is InChI=1S/C5H7NO2/c6-4-1-2-8-5(7)3-4/h6H,1-3H2. The summed E-state index contributed by atoms with van der Waals surface area (Å²) in [5.41, 5.74) is 0.487. The molecule has 1 aliphatic heterocycles. The van der Waals surface area contributed by atoms with Crippen LogP contribution in [0.1, 0.15) is 12.8 Å². The second-order valence-electron chi connectivity index (χ2n) is 1.75. The number of esters is 1. The summed E-state index contributed by atoms with van der Waals surface area (Å²) >= 11 is 0. The van der Waals surface area contributed by atoms with E-state index in [1.807, 2.05) is 0 Å². The van der Waals surface area contributed by atoms with Crippen molar-refractivity contribution in [3.05, 3.63) is 0 Å². The molecule has 8 heavy (non-hydrogen) atoms. The van der Waals surface area contributed by atoms with Crippen molar-refractivity contribution in [1.29, 1.82) is 5.41 Å². The molecule has 0 aromatic heterocycles. The first kappa shape index (κ1) is 5.28. The van der Waals surface area contributed by atoms with E-state index in [0.717, 1.165) is 0 Å². The smallest absolute Gasteiger partial charge is 0.311 e. The summed E-state index contributed by atoms with van der Waals surface area (Å²) in [5.74, 6) is -0.263. The molecule has 1 rings (SSSR count). The normalized spacial score (nSPS) is 20.5. The summed E-state index contributed by atoms with van der Waals surface area (Å²) in [5, 5.41) is 7.02. The van der Waals surface area contributed by atoms with Crippen LogP contribution in [0.4, 0.5) is 0 Å². The van der Waals surface area contributed by atoms with Gasteiger partial charge in [0, 0.05) is 12.1 Å². The van der Waals surface area contributed by atoms with Gasteiger partial charge in [-0.15, -0.1) is 0 Å². The molecule has 0 spiro atoms. The minimum atomic E-state index is -0.263. The zero-order chi connectivity index (χ0) is 5.98. The number of hydrogen-bond acceptors (Lipinski definition) is 3. The quantitative estimate of drug-likeness (QED) is 0.460. The lowest BCUT2D eigenvalue weighted by Gasteiger charge is -2.10. The van der Waals surface area contributed by atoms with Crippen LogP contribution in [0.15, 0.2) is 0 Å². The Morgan fingerprint density at radius 3 is 2.75 bits per heavy atom. The summed E-state index contributed by atoms with van der Waals surface area (Å²) < 4.78 is 4.57. The molecule has 0 aliphatic carbocycles. The number of carbonyl (C=O) groups excluding carboxylic acids is 1. The molecule has 1 heterocycles. The van der Waals surface area contributed by atoms with Crippen LogP contribution in [0.3, 0.4) is 0 Å². The minimum Gasteiger partial charge on any atom is -0.465 e. The van der Waals surface area contributed by atoms with Crippen LogP contribution >= 0.6 is 0 Å². The Kier molecular flexibility index (Phi) is 1.28. The van der Waals surface area contributed by atoms with Crippen molar-refractivity contribution in [2.45, 2.75) is 12.8 Å². The largest absolute Gasteiger partial charge is 0.465 e. The predicted octanol–water partition coefficient (Wildman–Crippen LogP) is 0.343. The Hall–Kier alpha value is -0.860. The minimum absolute atomic E-state index is 0.194. The molecule has 1 aliphatic rings. The predicted molar refractivity (Wildman–Crippen MR) is 27.9 cm³/mol. The fraction of sp³-hybridized carbons (Fsp3) is 0.600. The van der Waals surface area contributed by atoms with Gasteiger partial charge in [0.2, 0.25) is 0 Å². The Labute approximate surface area is 47.2 Å². The number of carbonyl (C=O) groups is 1. The second kappa shape index (κ2) is 1.94. The summed E-state index contributed by atoms with van der Waals surface area (Å²) in [6, 6.07) is 0. The lowest BCUT2D eigenvalue weighted by Crippen LogP contribution is -2.19. The Morgan fingerprint density at radius 2 is 2.38 bits per heavy atom. The van der Waals surface area contributed by atoms with E-state index >= 15 is 0 Å². The maximum absolute atomic E-state index is 10.3. The molecule has 1 fully saturated rings. The SMILES string of the molecule is N=C1CCOC(=O)C1. The molecule has 0 bridgehead atoms. The highest BCUT2D eigenvalue weighted by Crippen LogP contribution is 2.00. The first-order valence-electron chi connectivity index (χ1n) is 2.51. The van der Waals surface area contributed by atoms with E-state index in [0.29, 0.717) is 18.7 Å². The van der Waals surface area contributed by atoms with E-state index in [1.165, 1.54) is 0 Å². The van der Waals surface area contributed by atoms with E-state index in [1.54, 1.807) is 0 Å². The summed E-state index contributed by atoms with van der Waals surface area (Å²) in [7, 11) is 0. The lowest BCUT2D eigenvalue weighted by molar-refractivity contribution is -0.143. The fourth-order valence-corrected chi connectivity index (χ4v) is 0.602. The molecule has 0 aromatic rings. The lowest BCUT2D eigenvalue weighted by atomic mass is 10.2. The highest BCUT2D eigenvalue weighted by Gasteiger charge is 2.12. The van der Waals surface area contributed by atoms with Gasteiger partial charge in [-0.3, -0.25) is 4.79 Å².